The molecule has 0 aromatic heterocycles. The van der Waals surface area contributed by atoms with Crippen molar-refractivity contribution in [1.82, 2.24) is 0 Å². The molecule has 0 N–H and O–H groups in total. The highest BCUT2D eigenvalue weighted by atomic mass is 16.5. The second-order valence-electron chi connectivity index (χ2n) is 33.2. The lowest BCUT2D eigenvalue weighted by Gasteiger charge is -2.47. The number of hydrogen-bond acceptors (Lipinski definition) is 4. The number of hydrogen-bond donors (Lipinski definition) is 0. The Kier molecular flexibility index (Phi) is 14.5. The molecule has 4 aliphatic heterocycles. The molecule has 0 amide bonds. The Labute approximate surface area is 620 Å². The molecule has 0 saturated carbocycles. The zero-order valence-corrected chi connectivity index (χ0v) is 61.8. The van der Waals surface area contributed by atoms with Crippen LogP contribution in [0.1, 0.15) is 104 Å². The van der Waals surface area contributed by atoms with E-state index in [9.17, 15) is 0 Å². The van der Waals surface area contributed by atoms with Gasteiger partial charge in [-0.15, -0.1) is 0 Å². The summed E-state index contributed by atoms with van der Waals surface area (Å²) in [6, 6.07) is 115. The van der Waals surface area contributed by atoms with Crippen molar-refractivity contribution in [2.75, 3.05) is 14.7 Å². The average molecular weight is 1350 g/mol. The molecule has 1 aliphatic carbocycles. The van der Waals surface area contributed by atoms with E-state index in [1.807, 2.05) is 0 Å². The Balaban J connectivity index is 0.909. The van der Waals surface area contributed by atoms with Crippen LogP contribution in [0.2, 0.25) is 0 Å². The third-order valence-electron chi connectivity index (χ3n) is 23.3. The third-order valence-corrected chi connectivity index (χ3v) is 23.3. The molecule has 4 nitrogen and oxygen atoms in total. The molecular formula is C99H83B2N3O. The fourth-order valence-electron chi connectivity index (χ4n) is 18.1. The fraction of sp³-hybridized carbons (Fsp3) is 0.152. The quantitative estimate of drug-likeness (QED) is 0.141. The summed E-state index contributed by atoms with van der Waals surface area (Å²) in [7, 11) is 0. The van der Waals surface area contributed by atoms with Gasteiger partial charge in [0.2, 0.25) is 0 Å². The molecule has 0 unspecified atom stereocenters. The van der Waals surface area contributed by atoms with Gasteiger partial charge in [0.1, 0.15) is 11.5 Å². The summed E-state index contributed by atoms with van der Waals surface area (Å²) in [5.74, 6) is 1.72. The molecule has 5 aliphatic rings. The summed E-state index contributed by atoms with van der Waals surface area (Å²) in [5.41, 5.74) is 37.4. The molecule has 4 heterocycles. The zero-order chi connectivity index (χ0) is 71.6. The van der Waals surface area contributed by atoms with Gasteiger partial charge in [-0.1, -0.05) is 301 Å². The fourth-order valence-corrected chi connectivity index (χ4v) is 18.1. The highest BCUT2D eigenvalue weighted by molar-refractivity contribution is 7.02. The number of ether oxygens (including phenoxy) is 1. The van der Waals surface area contributed by atoms with Gasteiger partial charge in [-0.2, -0.15) is 0 Å². The maximum atomic E-state index is 8.06. The Bertz CT molecular complexity index is 5740. The molecular weight excluding hydrogens is 1270 g/mol. The number of nitrogens with zero attached hydrogens (tertiary/aromatic N) is 3. The van der Waals surface area contributed by atoms with Gasteiger partial charge < -0.3 is 19.4 Å². The van der Waals surface area contributed by atoms with Crippen LogP contribution in [0.5, 0.6) is 11.5 Å². The van der Waals surface area contributed by atoms with E-state index in [0.717, 1.165) is 84.6 Å². The third kappa shape index (κ3) is 10.1. The number of para-hydroxylation sites is 3. The minimum absolute atomic E-state index is 0.147. The summed E-state index contributed by atoms with van der Waals surface area (Å²) < 4.78 is 8.06. The number of anilines is 9. The highest BCUT2D eigenvalue weighted by Gasteiger charge is 2.50. The standard InChI is InChI=1S/C99H83B2N3O/c1-96(2,3)67-54-74(62-34-17-12-18-35-62)94(75(55-67)63-36-19-13-20-37-63)103-84-51-32-30-49-80(84)101-82-60-81-85(61-89(82)105-90-53-66(52-86(103)93(90)101)71-45-33-46-73-72-44-27-28-47-78(72)99(10,11)91(71)73)102(70-42-25-16-26-43-70)87-58-69(98(7,8)9)59-88-92(87)100(81)79-48-29-31-50-83(79)104(88)95-76(64-38-21-14-22-39-64)56-68(97(4,5)6)57-77(95)65-40-23-15-24-41-65/h12-61H,1-11H3. The number of fused-ring (bicyclic) bond motifs is 11. The van der Waals surface area contributed by atoms with Crippen molar-refractivity contribution in [2.45, 2.75) is 97.8 Å². The Morgan fingerprint density at radius 2 is 0.676 bits per heavy atom. The molecule has 6 heteroatoms. The first-order valence-corrected chi connectivity index (χ1v) is 37.5. The molecule has 14 aromatic carbocycles. The number of rotatable bonds is 8. The van der Waals surface area contributed by atoms with Gasteiger partial charge >= 0.3 is 0 Å². The van der Waals surface area contributed by atoms with Gasteiger partial charge in [0.25, 0.3) is 13.4 Å². The molecule has 506 valence electrons. The van der Waals surface area contributed by atoms with Gasteiger partial charge in [-0.25, -0.2) is 0 Å². The first-order chi connectivity index (χ1) is 50.8. The lowest BCUT2D eigenvalue weighted by atomic mass is 9.30. The topological polar surface area (TPSA) is 19.0 Å². The van der Waals surface area contributed by atoms with E-state index in [2.05, 4.69) is 394 Å². The van der Waals surface area contributed by atoms with E-state index in [1.165, 1.54) is 105 Å². The van der Waals surface area contributed by atoms with Crippen molar-refractivity contribution in [2.24, 2.45) is 0 Å². The Hall–Kier alpha value is -11.6. The van der Waals surface area contributed by atoms with Crippen LogP contribution in [-0.2, 0) is 21.7 Å². The van der Waals surface area contributed by atoms with E-state index in [4.69, 9.17) is 4.74 Å². The minimum Gasteiger partial charge on any atom is -0.458 e. The highest BCUT2D eigenvalue weighted by Crippen LogP contribution is 2.57. The molecule has 0 bridgehead atoms. The zero-order valence-electron chi connectivity index (χ0n) is 61.8. The van der Waals surface area contributed by atoms with Crippen molar-refractivity contribution in [3.8, 4) is 78.3 Å². The van der Waals surface area contributed by atoms with Crippen molar-refractivity contribution in [3.63, 3.8) is 0 Å². The van der Waals surface area contributed by atoms with Crippen LogP contribution >= 0.6 is 0 Å². The van der Waals surface area contributed by atoms with Crippen LogP contribution < -0.4 is 52.2 Å². The monoisotopic (exact) mass is 1350 g/mol. The smallest absolute Gasteiger partial charge is 0.256 e. The maximum Gasteiger partial charge on any atom is 0.256 e. The maximum absolute atomic E-state index is 8.06. The molecule has 0 radical (unpaired) electrons. The van der Waals surface area contributed by atoms with Crippen molar-refractivity contribution in [1.29, 1.82) is 0 Å². The Morgan fingerprint density at radius 3 is 1.17 bits per heavy atom. The summed E-state index contributed by atoms with van der Waals surface area (Å²) in [4.78, 5) is 7.89. The van der Waals surface area contributed by atoms with Gasteiger partial charge in [0, 0.05) is 73.5 Å². The molecule has 0 atom stereocenters. The van der Waals surface area contributed by atoms with Gasteiger partial charge in [-0.3, -0.25) is 0 Å². The van der Waals surface area contributed by atoms with Crippen LogP contribution in [-0.4, -0.2) is 13.4 Å². The van der Waals surface area contributed by atoms with E-state index in [1.54, 1.807) is 0 Å². The summed E-state index contributed by atoms with van der Waals surface area (Å²) in [6.07, 6.45) is 0. The Morgan fingerprint density at radius 1 is 0.276 bits per heavy atom. The second-order valence-corrected chi connectivity index (χ2v) is 33.2. The first kappa shape index (κ1) is 64.3. The van der Waals surface area contributed by atoms with Crippen LogP contribution in [0.15, 0.2) is 303 Å². The van der Waals surface area contributed by atoms with Crippen LogP contribution in [0, 0.1) is 0 Å². The summed E-state index contributed by atoms with van der Waals surface area (Å²) in [5, 5.41) is 0. The van der Waals surface area contributed by atoms with Gasteiger partial charge in [0.05, 0.1) is 11.4 Å². The van der Waals surface area contributed by atoms with E-state index in [0.29, 0.717) is 0 Å². The number of benzene rings is 14. The predicted molar refractivity (Wildman–Crippen MR) is 447 cm³/mol. The lowest BCUT2D eigenvalue weighted by molar-refractivity contribution is 0.488. The second kappa shape index (κ2) is 23.7. The lowest BCUT2D eigenvalue weighted by Crippen LogP contribution is -2.64. The van der Waals surface area contributed by atoms with Crippen LogP contribution in [0.3, 0.4) is 0 Å². The molecule has 105 heavy (non-hydrogen) atoms. The van der Waals surface area contributed by atoms with Crippen molar-refractivity contribution in [3.05, 3.63) is 331 Å². The van der Waals surface area contributed by atoms with E-state index in [-0.39, 0.29) is 35.1 Å². The normalized spacial score (nSPS) is 14.1. The minimum atomic E-state index is -0.287. The van der Waals surface area contributed by atoms with Gasteiger partial charge in [-0.05, 0) is 194 Å². The molecule has 14 aromatic rings. The summed E-state index contributed by atoms with van der Waals surface area (Å²) >= 11 is 0. The first-order valence-electron chi connectivity index (χ1n) is 37.5. The molecule has 0 spiro atoms. The molecule has 0 saturated heterocycles. The van der Waals surface area contributed by atoms with Crippen molar-refractivity contribution < 1.29 is 4.74 Å². The van der Waals surface area contributed by atoms with Crippen LogP contribution in [0.4, 0.5) is 51.2 Å². The summed E-state index contributed by atoms with van der Waals surface area (Å²) in [6.45, 7) is 25.6. The molecule has 19 rings (SSSR count). The predicted octanol–water partition coefficient (Wildman–Crippen LogP) is 22.7. The SMILES string of the molecule is CC(C)(C)c1cc(-c2ccccc2)c(N2c3ccccc3B3c4cc5c(cc4Oc4cc(-c6cccc7c6C(C)(C)c6ccccc6-7)cc2c43)N(c2ccccc2)c2cc(C(C)(C)C)cc3c2B5c2ccccc2N3c2c(-c3ccccc3)cc(C(C)(C)C)cc2-c2ccccc2)c(-c2ccccc2)c1. The van der Waals surface area contributed by atoms with E-state index >= 15 is 0 Å². The largest absolute Gasteiger partial charge is 0.458 e. The van der Waals surface area contributed by atoms with Crippen molar-refractivity contribution >= 4 is 97.4 Å². The van der Waals surface area contributed by atoms with Gasteiger partial charge in [0.15, 0.2) is 0 Å². The van der Waals surface area contributed by atoms with Crippen LogP contribution in [0.25, 0.3) is 66.8 Å². The van der Waals surface area contributed by atoms with E-state index < -0.39 is 0 Å². The molecule has 0 fully saturated rings. The average Bonchev–Trinajstić information content (AvgIpc) is 1.16.